The number of halogens is 1. The van der Waals surface area contributed by atoms with Gasteiger partial charge in [-0.1, -0.05) is 0 Å². The fraction of sp³-hybridized carbons (Fsp3) is 1.00. The monoisotopic (exact) mass is 152 g/mol. The first kappa shape index (κ1) is 7.87. The summed E-state index contributed by atoms with van der Waals surface area (Å²) >= 11 is 0. The normalized spacial score (nSPS) is 48.0. The minimum absolute atomic E-state index is 0.487. The number of rotatable bonds is 1. The Bertz CT molecular complexity index is 120. The third-order valence-corrected chi connectivity index (χ3v) is 1.48. The molecular formula is C5H9FO4. The molecular weight excluding hydrogens is 143 g/mol. The smallest absolute Gasteiger partial charge is 0.228 e. The molecule has 0 aromatic carbocycles. The van der Waals surface area contributed by atoms with Crippen LogP contribution in [0, 0.1) is 0 Å². The molecule has 1 aliphatic heterocycles. The third kappa shape index (κ3) is 1.13. The highest BCUT2D eigenvalue weighted by Crippen LogP contribution is 2.21. The minimum atomic E-state index is -1.88. The van der Waals surface area contributed by atoms with Gasteiger partial charge in [0.05, 0.1) is 6.61 Å². The zero-order valence-electron chi connectivity index (χ0n) is 5.14. The lowest BCUT2D eigenvalue weighted by atomic mass is 10.1. The minimum Gasteiger partial charge on any atom is -0.394 e. The molecule has 0 radical (unpaired) electrons. The summed E-state index contributed by atoms with van der Waals surface area (Å²) in [5.74, 6) is 0. The molecule has 1 saturated heterocycles. The Kier molecular flexibility index (Phi) is 2.20. The van der Waals surface area contributed by atoms with Crippen LogP contribution in [0.25, 0.3) is 0 Å². The van der Waals surface area contributed by atoms with Crippen molar-refractivity contribution < 1.29 is 24.4 Å². The highest BCUT2D eigenvalue weighted by Gasteiger charge is 2.42. The number of aliphatic hydroxyl groups is 3. The summed E-state index contributed by atoms with van der Waals surface area (Å²) in [5.41, 5.74) is 0. The Labute approximate surface area is 56.9 Å². The molecule has 5 heteroatoms. The van der Waals surface area contributed by atoms with Gasteiger partial charge < -0.3 is 20.1 Å². The van der Waals surface area contributed by atoms with E-state index in [0.717, 1.165) is 0 Å². The fourth-order valence-corrected chi connectivity index (χ4v) is 0.854. The molecule has 60 valence electrons. The first-order valence-electron chi connectivity index (χ1n) is 2.93. The van der Waals surface area contributed by atoms with E-state index in [1.54, 1.807) is 0 Å². The Hall–Kier alpha value is -0.230. The number of aliphatic hydroxyl groups excluding tert-OH is 3. The molecule has 0 bridgehead atoms. The number of ether oxygens (including phenoxy) is 1. The van der Waals surface area contributed by atoms with Crippen LogP contribution in [0.2, 0.25) is 0 Å². The van der Waals surface area contributed by atoms with Crippen molar-refractivity contribution in [3.05, 3.63) is 0 Å². The average molecular weight is 152 g/mol. The molecule has 1 heterocycles. The summed E-state index contributed by atoms with van der Waals surface area (Å²) in [7, 11) is 0. The fourth-order valence-electron chi connectivity index (χ4n) is 0.854. The van der Waals surface area contributed by atoms with Gasteiger partial charge in [-0.3, -0.25) is 0 Å². The van der Waals surface area contributed by atoms with Gasteiger partial charge in [0.2, 0.25) is 6.36 Å². The van der Waals surface area contributed by atoms with Crippen molar-refractivity contribution in [3.63, 3.8) is 0 Å². The molecule has 1 aliphatic rings. The van der Waals surface area contributed by atoms with E-state index in [1.165, 1.54) is 0 Å². The number of hydrogen-bond acceptors (Lipinski definition) is 4. The van der Waals surface area contributed by atoms with Crippen molar-refractivity contribution in [1.82, 2.24) is 0 Å². The topological polar surface area (TPSA) is 69.9 Å². The van der Waals surface area contributed by atoms with Gasteiger partial charge in [-0.25, -0.2) is 4.39 Å². The van der Waals surface area contributed by atoms with Gasteiger partial charge >= 0.3 is 0 Å². The highest BCUT2D eigenvalue weighted by molar-refractivity contribution is 4.85. The molecule has 1 fully saturated rings. The Morgan fingerprint density at radius 1 is 1.30 bits per heavy atom. The van der Waals surface area contributed by atoms with Crippen LogP contribution in [0.15, 0.2) is 0 Å². The van der Waals surface area contributed by atoms with E-state index < -0.39 is 31.3 Å². The lowest BCUT2D eigenvalue weighted by Crippen LogP contribution is -2.32. The lowest BCUT2D eigenvalue weighted by Gasteiger charge is -2.09. The number of alkyl halides is 1. The summed E-state index contributed by atoms with van der Waals surface area (Å²) in [6.07, 6.45) is -5.73. The maximum atomic E-state index is 12.3. The Balaban J connectivity index is 2.53. The number of hydrogen-bond donors (Lipinski definition) is 3. The third-order valence-electron chi connectivity index (χ3n) is 1.48. The van der Waals surface area contributed by atoms with E-state index in [-0.39, 0.29) is 0 Å². The van der Waals surface area contributed by atoms with Crippen LogP contribution in [0.1, 0.15) is 0 Å². The van der Waals surface area contributed by atoms with Crippen molar-refractivity contribution in [2.24, 2.45) is 0 Å². The molecule has 10 heavy (non-hydrogen) atoms. The molecule has 0 unspecified atom stereocenters. The molecule has 4 atom stereocenters. The van der Waals surface area contributed by atoms with Crippen molar-refractivity contribution in [2.75, 3.05) is 6.61 Å². The van der Waals surface area contributed by atoms with Crippen LogP contribution in [-0.2, 0) is 4.74 Å². The highest BCUT2D eigenvalue weighted by atomic mass is 19.1. The van der Waals surface area contributed by atoms with Crippen molar-refractivity contribution in [2.45, 2.75) is 24.7 Å². The van der Waals surface area contributed by atoms with Crippen LogP contribution in [0.4, 0.5) is 4.39 Å². The van der Waals surface area contributed by atoms with E-state index in [9.17, 15) is 4.39 Å². The summed E-state index contributed by atoms with van der Waals surface area (Å²) < 4.78 is 16.6. The molecule has 4 nitrogen and oxygen atoms in total. The molecule has 0 amide bonds. The lowest BCUT2D eigenvalue weighted by molar-refractivity contribution is -0.0822. The second-order valence-electron chi connectivity index (χ2n) is 2.19. The summed E-state index contributed by atoms with van der Waals surface area (Å²) in [6, 6.07) is 0. The zero-order valence-corrected chi connectivity index (χ0v) is 5.14. The largest absolute Gasteiger partial charge is 0.394 e. The van der Waals surface area contributed by atoms with Crippen molar-refractivity contribution >= 4 is 0 Å². The summed E-state index contributed by atoms with van der Waals surface area (Å²) in [4.78, 5) is 0. The van der Waals surface area contributed by atoms with Gasteiger partial charge in [-0.05, 0) is 0 Å². The summed E-state index contributed by atoms with van der Waals surface area (Å²) in [5, 5.41) is 26.0. The Morgan fingerprint density at radius 3 is 2.10 bits per heavy atom. The van der Waals surface area contributed by atoms with Crippen LogP contribution >= 0.6 is 0 Å². The van der Waals surface area contributed by atoms with Gasteiger partial charge in [0.25, 0.3) is 0 Å². The van der Waals surface area contributed by atoms with Crippen LogP contribution in [0.5, 0.6) is 0 Å². The Morgan fingerprint density at radius 2 is 1.90 bits per heavy atom. The molecule has 0 spiro atoms. The first-order chi connectivity index (χ1) is 4.66. The second kappa shape index (κ2) is 2.79. The van der Waals surface area contributed by atoms with Crippen LogP contribution in [0.3, 0.4) is 0 Å². The van der Waals surface area contributed by atoms with E-state index >= 15 is 0 Å². The van der Waals surface area contributed by atoms with E-state index in [2.05, 4.69) is 4.74 Å². The van der Waals surface area contributed by atoms with Crippen LogP contribution in [-0.4, -0.2) is 46.6 Å². The molecule has 3 N–H and O–H groups in total. The maximum absolute atomic E-state index is 12.3. The quantitative estimate of drug-likeness (QED) is 0.423. The predicted molar refractivity (Wildman–Crippen MR) is 28.9 cm³/mol. The van der Waals surface area contributed by atoms with Gasteiger partial charge in [0.1, 0.15) is 18.3 Å². The van der Waals surface area contributed by atoms with Gasteiger partial charge in [-0.2, -0.15) is 0 Å². The first-order valence-corrected chi connectivity index (χ1v) is 2.93. The average Bonchev–Trinajstić information content (AvgIpc) is 2.17. The van der Waals surface area contributed by atoms with Gasteiger partial charge in [-0.15, -0.1) is 0 Å². The van der Waals surface area contributed by atoms with Crippen molar-refractivity contribution in [3.8, 4) is 0 Å². The molecule has 0 aromatic rings. The molecule has 0 aliphatic carbocycles. The van der Waals surface area contributed by atoms with Gasteiger partial charge in [0, 0.05) is 0 Å². The molecule has 0 saturated carbocycles. The SMILES string of the molecule is OC[C@H]1O[C@H](F)[C@H](O)[C@H]1O. The standard InChI is InChI=1S/C5H9FO4/c6-5-4(9)3(8)2(1-7)10-5/h2-5,7-9H,1H2/t2-,3+,4-,5+/m1/s1. The van der Waals surface area contributed by atoms with E-state index in [4.69, 9.17) is 15.3 Å². The molecule has 1 rings (SSSR count). The maximum Gasteiger partial charge on any atom is 0.228 e. The molecule has 0 aromatic heterocycles. The van der Waals surface area contributed by atoms with Gasteiger partial charge in [0.15, 0.2) is 0 Å². The van der Waals surface area contributed by atoms with Crippen LogP contribution < -0.4 is 0 Å². The van der Waals surface area contributed by atoms with Crippen molar-refractivity contribution in [1.29, 1.82) is 0 Å². The second-order valence-corrected chi connectivity index (χ2v) is 2.19. The predicted octanol–water partition coefficient (Wildman–Crippen LogP) is -1.61. The van der Waals surface area contributed by atoms with E-state index in [1.807, 2.05) is 0 Å². The zero-order chi connectivity index (χ0) is 7.72. The summed E-state index contributed by atoms with van der Waals surface area (Å²) in [6.45, 7) is -0.487. The van der Waals surface area contributed by atoms with E-state index in [0.29, 0.717) is 0 Å².